The van der Waals surface area contributed by atoms with Crippen molar-refractivity contribution in [3.05, 3.63) is 12.4 Å². The highest BCUT2D eigenvalue weighted by Gasteiger charge is 2.23. The van der Waals surface area contributed by atoms with Crippen molar-refractivity contribution in [1.82, 2.24) is 14.5 Å². The molecule has 0 bridgehead atoms. The van der Waals surface area contributed by atoms with Gasteiger partial charge in [0.15, 0.2) is 5.95 Å². The number of nitrogens with zero attached hydrogens (tertiary/aromatic N) is 3. The fraction of sp³-hybridized carbons (Fsp3) is 0.700. The van der Waals surface area contributed by atoms with Gasteiger partial charge in [0.05, 0.1) is 0 Å². The maximum Gasteiger partial charge on any atom is 0.200 e. The average Bonchev–Trinajstić information content (AvgIpc) is 2.77. The van der Waals surface area contributed by atoms with E-state index < -0.39 is 0 Å². The van der Waals surface area contributed by atoms with Crippen LogP contribution in [-0.4, -0.2) is 33.6 Å². The van der Waals surface area contributed by atoms with Crippen LogP contribution in [0.25, 0.3) is 0 Å². The Labute approximate surface area is 84.7 Å². The smallest absolute Gasteiger partial charge is 0.200 e. The van der Waals surface area contributed by atoms with Gasteiger partial charge in [-0.1, -0.05) is 6.92 Å². The summed E-state index contributed by atoms with van der Waals surface area (Å²) < 4.78 is 2.04. The number of hydrogen-bond donors (Lipinski definition) is 1. The van der Waals surface area contributed by atoms with Crippen LogP contribution >= 0.6 is 0 Å². The quantitative estimate of drug-likeness (QED) is 0.779. The molecule has 0 aromatic carbocycles. The van der Waals surface area contributed by atoms with Crippen LogP contribution in [0, 0.1) is 0 Å². The summed E-state index contributed by atoms with van der Waals surface area (Å²) in [6, 6.07) is 0.650. The summed E-state index contributed by atoms with van der Waals surface area (Å²) in [5.41, 5.74) is 5.74. The Bertz CT molecular complexity index is 294. The molecule has 1 aromatic rings. The monoisotopic (exact) mass is 194 g/mol. The third-order valence-electron chi connectivity index (χ3n) is 3.06. The van der Waals surface area contributed by atoms with Crippen molar-refractivity contribution in [2.24, 2.45) is 0 Å². The molecule has 1 aromatic heterocycles. The van der Waals surface area contributed by atoms with Crippen LogP contribution in [0.3, 0.4) is 0 Å². The second-order valence-electron chi connectivity index (χ2n) is 3.86. The van der Waals surface area contributed by atoms with E-state index in [2.05, 4.69) is 16.8 Å². The van der Waals surface area contributed by atoms with Crippen LogP contribution in [0.1, 0.15) is 19.8 Å². The number of likely N-dealkylation sites (tertiary alicyclic amines) is 1. The Hall–Kier alpha value is -1.03. The van der Waals surface area contributed by atoms with Gasteiger partial charge in [-0.2, -0.15) is 0 Å². The number of aromatic nitrogens is 2. The number of hydrogen-bond acceptors (Lipinski definition) is 3. The molecule has 2 N–H and O–H groups in total. The van der Waals surface area contributed by atoms with Gasteiger partial charge in [0, 0.05) is 25.0 Å². The Morgan fingerprint density at radius 2 is 2.50 bits per heavy atom. The summed E-state index contributed by atoms with van der Waals surface area (Å²) in [4.78, 5) is 6.55. The van der Waals surface area contributed by atoms with Crippen molar-refractivity contribution in [3.8, 4) is 0 Å². The molecule has 0 spiro atoms. The summed E-state index contributed by atoms with van der Waals surface area (Å²) in [5.74, 6) is 0.632. The van der Waals surface area contributed by atoms with E-state index in [1.165, 1.54) is 19.4 Å². The minimum atomic E-state index is 0.632. The Morgan fingerprint density at radius 1 is 1.64 bits per heavy atom. The molecule has 1 aliphatic rings. The number of imidazole rings is 1. The number of anilines is 1. The maximum absolute atomic E-state index is 5.74. The first-order valence-corrected chi connectivity index (χ1v) is 5.32. The van der Waals surface area contributed by atoms with Gasteiger partial charge < -0.3 is 10.3 Å². The van der Waals surface area contributed by atoms with Crippen LogP contribution < -0.4 is 5.73 Å². The number of nitrogen functional groups attached to an aromatic ring is 1. The van der Waals surface area contributed by atoms with Gasteiger partial charge in [-0.25, -0.2) is 4.98 Å². The van der Waals surface area contributed by atoms with E-state index in [9.17, 15) is 0 Å². The lowest BCUT2D eigenvalue weighted by molar-refractivity contribution is 0.245. The fourth-order valence-corrected chi connectivity index (χ4v) is 2.24. The van der Waals surface area contributed by atoms with Gasteiger partial charge >= 0.3 is 0 Å². The first-order chi connectivity index (χ1) is 6.81. The highest BCUT2D eigenvalue weighted by molar-refractivity contribution is 5.16. The standard InChI is InChI=1S/C10H18N4/c1-2-13-6-3-4-9(13)8-14-7-5-12-10(14)11/h5,7,9H,2-4,6,8H2,1H3,(H2,11,12). The van der Waals surface area contributed by atoms with E-state index in [1.54, 1.807) is 6.20 Å². The molecule has 1 unspecified atom stereocenters. The number of likely N-dealkylation sites (N-methyl/N-ethyl adjacent to an activating group) is 1. The van der Waals surface area contributed by atoms with Gasteiger partial charge in [-0.15, -0.1) is 0 Å². The second kappa shape index (κ2) is 4.00. The minimum absolute atomic E-state index is 0.632. The first kappa shape index (κ1) is 9.52. The lowest BCUT2D eigenvalue weighted by Crippen LogP contribution is -2.32. The molecule has 1 fully saturated rings. The average molecular weight is 194 g/mol. The fourth-order valence-electron chi connectivity index (χ4n) is 2.24. The molecule has 1 atom stereocenters. The molecule has 4 heteroatoms. The van der Waals surface area contributed by atoms with Crippen LogP contribution in [0.4, 0.5) is 5.95 Å². The molecule has 0 amide bonds. The lowest BCUT2D eigenvalue weighted by Gasteiger charge is -2.23. The SMILES string of the molecule is CCN1CCCC1Cn1ccnc1N. The molecule has 1 saturated heterocycles. The van der Waals surface area contributed by atoms with Gasteiger partial charge in [-0.3, -0.25) is 4.90 Å². The molecule has 0 saturated carbocycles. The highest BCUT2D eigenvalue weighted by Crippen LogP contribution is 2.18. The minimum Gasteiger partial charge on any atom is -0.369 e. The van der Waals surface area contributed by atoms with Crippen LogP contribution in [0.15, 0.2) is 12.4 Å². The van der Waals surface area contributed by atoms with Crippen LogP contribution in [-0.2, 0) is 6.54 Å². The van der Waals surface area contributed by atoms with Crippen molar-refractivity contribution in [2.45, 2.75) is 32.4 Å². The summed E-state index contributed by atoms with van der Waals surface area (Å²) in [6.45, 7) is 5.57. The van der Waals surface area contributed by atoms with Gasteiger partial charge in [0.1, 0.15) is 0 Å². The number of rotatable bonds is 3. The Morgan fingerprint density at radius 3 is 3.14 bits per heavy atom. The molecule has 2 heterocycles. The Kier molecular flexibility index (Phi) is 2.72. The summed E-state index contributed by atoms with van der Waals surface area (Å²) in [7, 11) is 0. The van der Waals surface area contributed by atoms with Gasteiger partial charge in [-0.05, 0) is 25.9 Å². The zero-order valence-electron chi connectivity index (χ0n) is 8.69. The van der Waals surface area contributed by atoms with Crippen molar-refractivity contribution in [3.63, 3.8) is 0 Å². The molecule has 78 valence electrons. The van der Waals surface area contributed by atoms with E-state index in [0.29, 0.717) is 12.0 Å². The third-order valence-corrected chi connectivity index (χ3v) is 3.06. The molecule has 2 rings (SSSR count). The molecule has 14 heavy (non-hydrogen) atoms. The van der Waals surface area contributed by atoms with Crippen molar-refractivity contribution in [1.29, 1.82) is 0 Å². The van der Waals surface area contributed by atoms with Gasteiger partial charge in [0.25, 0.3) is 0 Å². The topological polar surface area (TPSA) is 47.1 Å². The largest absolute Gasteiger partial charge is 0.369 e. The van der Waals surface area contributed by atoms with E-state index in [0.717, 1.165) is 13.1 Å². The zero-order valence-corrected chi connectivity index (χ0v) is 8.69. The van der Waals surface area contributed by atoms with E-state index in [4.69, 9.17) is 5.73 Å². The second-order valence-corrected chi connectivity index (χ2v) is 3.86. The van der Waals surface area contributed by atoms with E-state index >= 15 is 0 Å². The maximum atomic E-state index is 5.74. The predicted octanol–water partition coefficient (Wildman–Crippen LogP) is 0.950. The van der Waals surface area contributed by atoms with Crippen molar-refractivity contribution >= 4 is 5.95 Å². The molecular formula is C10H18N4. The van der Waals surface area contributed by atoms with Crippen LogP contribution in [0.2, 0.25) is 0 Å². The summed E-state index contributed by atoms with van der Waals surface area (Å²) in [6.07, 6.45) is 6.32. The Balaban J connectivity index is 2.00. The van der Waals surface area contributed by atoms with Crippen LogP contribution in [0.5, 0.6) is 0 Å². The van der Waals surface area contributed by atoms with E-state index in [1.807, 2.05) is 10.8 Å². The highest BCUT2D eigenvalue weighted by atomic mass is 15.2. The van der Waals surface area contributed by atoms with Crippen molar-refractivity contribution < 1.29 is 0 Å². The lowest BCUT2D eigenvalue weighted by atomic mass is 10.2. The normalized spacial score (nSPS) is 23.1. The first-order valence-electron chi connectivity index (χ1n) is 5.32. The van der Waals surface area contributed by atoms with Crippen molar-refractivity contribution in [2.75, 3.05) is 18.8 Å². The summed E-state index contributed by atoms with van der Waals surface area (Å²) >= 11 is 0. The zero-order chi connectivity index (χ0) is 9.97. The van der Waals surface area contributed by atoms with Gasteiger partial charge in [0.2, 0.25) is 0 Å². The molecule has 0 radical (unpaired) electrons. The molecule has 1 aliphatic heterocycles. The molecule has 0 aliphatic carbocycles. The molecular weight excluding hydrogens is 176 g/mol. The number of nitrogens with two attached hydrogens (primary N) is 1. The molecule has 4 nitrogen and oxygen atoms in total. The van der Waals surface area contributed by atoms with E-state index in [-0.39, 0.29) is 0 Å². The predicted molar refractivity (Wildman–Crippen MR) is 56.9 cm³/mol. The summed E-state index contributed by atoms with van der Waals surface area (Å²) in [5, 5.41) is 0. The third kappa shape index (κ3) is 1.75.